The predicted octanol–water partition coefficient (Wildman–Crippen LogP) is 2.77. The number of nitrogens with one attached hydrogen (secondary N) is 1. The van der Waals surface area contributed by atoms with E-state index in [1.165, 1.54) is 0 Å². The van der Waals surface area contributed by atoms with Gasteiger partial charge >= 0.3 is 0 Å². The third kappa shape index (κ3) is 4.41. The van der Waals surface area contributed by atoms with Gasteiger partial charge in [0.15, 0.2) is 0 Å². The van der Waals surface area contributed by atoms with Crippen molar-refractivity contribution in [3.63, 3.8) is 0 Å². The number of benzene rings is 2. The minimum absolute atomic E-state index is 0.143. The van der Waals surface area contributed by atoms with Gasteiger partial charge in [-0.2, -0.15) is 5.26 Å². The van der Waals surface area contributed by atoms with Crippen LogP contribution in [-0.2, 0) is 22.2 Å². The smallest absolute Gasteiger partial charge is 0.215 e. The Balaban J connectivity index is 1.65. The first-order valence-corrected chi connectivity index (χ1v) is 9.52. The third-order valence-corrected chi connectivity index (χ3v) is 5.20. The van der Waals surface area contributed by atoms with E-state index >= 15 is 0 Å². The fourth-order valence-corrected chi connectivity index (χ4v) is 3.84. The second kappa shape index (κ2) is 7.43. The molecule has 0 saturated heterocycles. The highest BCUT2D eigenvalue weighted by molar-refractivity contribution is 7.88. The molecule has 3 rings (SSSR count). The van der Waals surface area contributed by atoms with E-state index in [2.05, 4.69) is 9.71 Å². The summed E-state index contributed by atoms with van der Waals surface area (Å²) in [5.74, 6) is -0.143. The molecule has 1 N–H and O–H groups in total. The first-order valence-electron chi connectivity index (χ1n) is 7.86. The van der Waals surface area contributed by atoms with E-state index in [0.29, 0.717) is 24.1 Å². The van der Waals surface area contributed by atoms with E-state index in [-0.39, 0.29) is 5.75 Å². The van der Waals surface area contributed by atoms with Crippen LogP contribution in [0.5, 0.6) is 0 Å². The Morgan fingerprint density at radius 2 is 1.88 bits per heavy atom. The molecule has 0 bridgehead atoms. The fourth-order valence-electron chi connectivity index (χ4n) is 2.71. The van der Waals surface area contributed by atoms with Crippen LogP contribution in [0.1, 0.15) is 16.7 Å². The van der Waals surface area contributed by atoms with Crippen LogP contribution in [0, 0.1) is 11.3 Å². The van der Waals surface area contributed by atoms with E-state index in [1.807, 2.05) is 36.4 Å². The summed E-state index contributed by atoms with van der Waals surface area (Å²) >= 11 is 0. The van der Waals surface area contributed by atoms with Gasteiger partial charge in [0, 0.05) is 18.1 Å². The zero-order valence-corrected chi connectivity index (χ0v) is 14.3. The molecule has 1 aromatic heterocycles. The standard InChI is InChI=1S/C19H17N3O2S/c20-13-15-4-1-5-16(12-15)14-25(23,24)22-11-9-18-7-2-6-17-8-3-10-21-19(17)18/h1-8,10,12,22H,9,11,14H2. The molecule has 6 heteroatoms. The number of nitriles is 1. The van der Waals surface area contributed by atoms with Crippen molar-refractivity contribution in [3.8, 4) is 6.07 Å². The number of hydrogen-bond donors (Lipinski definition) is 1. The lowest BCUT2D eigenvalue weighted by Gasteiger charge is -2.08. The molecule has 0 aliphatic carbocycles. The Morgan fingerprint density at radius 1 is 1.08 bits per heavy atom. The summed E-state index contributed by atoms with van der Waals surface area (Å²) in [6, 6.07) is 18.4. The SMILES string of the molecule is N#Cc1cccc(CS(=O)(=O)NCCc2cccc3cccnc23)c1. The third-order valence-electron chi connectivity index (χ3n) is 3.85. The van der Waals surface area contributed by atoms with Crippen molar-refractivity contribution in [2.45, 2.75) is 12.2 Å². The highest BCUT2D eigenvalue weighted by Gasteiger charge is 2.12. The maximum absolute atomic E-state index is 12.2. The molecule has 0 atom stereocenters. The highest BCUT2D eigenvalue weighted by atomic mass is 32.2. The molecule has 0 unspecified atom stereocenters. The topological polar surface area (TPSA) is 82.8 Å². The zero-order chi connectivity index (χ0) is 17.7. The minimum atomic E-state index is -3.46. The molecule has 25 heavy (non-hydrogen) atoms. The van der Waals surface area contributed by atoms with Crippen molar-refractivity contribution < 1.29 is 8.42 Å². The molecule has 0 radical (unpaired) electrons. The Kier molecular flexibility index (Phi) is 5.08. The van der Waals surface area contributed by atoms with Gasteiger partial charge in [-0.15, -0.1) is 0 Å². The van der Waals surface area contributed by atoms with E-state index in [9.17, 15) is 8.42 Å². The van der Waals surface area contributed by atoms with Crippen molar-refractivity contribution in [1.29, 1.82) is 5.26 Å². The van der Waals surface area contributed by atoms with Crippen molar-refractivity contribution in [2.75, 3.05) is 6.54 Å². The molecular formula is C19H17N3O2S. The second-order valence-corrected chi connectivity index (χ2v) is 7.51. The number of aromatic nitrogens is 1. The lowest BCUT2D eigenvalue weighted by Crippen LogP contribution is -2.27. The van der Waals surface area contributed by atoms with Crippen LogP contribution in [0.15, 0.2) is 60.8 Å². The maximum atomic E-state index is 12.2. The average molecular weight is 351 g/mol. The van der Waals surface area contributed by atoms with E-state index in [4.69, 9.17) is 5.26 Å². The molecule has 0 amide bonds. The first-order chi connectivity index (χ1) is 12.1. The van der Waals surface area contributed by atoms with Crippen LogP contribution in [0.25, 0.3) is 10.9 Å². The van der Waals surface area contributed by atoms with Gasteiger partial charge in [-0.3, -0.25) is 4.98 Å². The summed E-state index contributed by atoms with van der Waals surface area (Å²) in [4.78, 5) is 4.38. The van der Waals surface area contributed by atoms with Crippen LogP contribution < -0.4 is 4.72 Å². The summed E-state index contributed by atoms with van der Waals surface area (Å²) in [5.41, 5.74) is 2.95. The van der Waals surface area contributed by atoms with Crippen molar-refractivity contribution in [2.24, 2.45) is 0 Å². The maximum Gasteiger partial charge on any atom is 0.215 e. The number of hydrogen-bond acceptors (Lipinski definition) is 4. The fraction of sp³-hybridized carbons (Fsp3) is 0.158. The van der Waals surface area contributed by atoms with Crippen molar-refractivity contribution >= 4 is 20.9 Å². The second-order valence-electron chi connectivity index (χ2n) is 5.71. The molecule has 3 aromatic rings. The quantitative estimate of drug-likeness (QED) is 0.740. The average Bonchev–Trinajstić information content (AvgIpc) is 2.61. The van der Waals surface area contributed by atoms with Crippen LogP contribution in [-0.4, -0.2) is 19.9 Å². The lowest BCUT2D eigenvalue weighted by molar-refractivity contribution is 0.581. The molecular weight excluding hydrogens is 334 g/mol. The van der Waals surface area contributed by atoms with Gasteiger partial charge in [-0.05, 0) is 35.7 Å². The predicted molar refractivity (Wildman–Crippen MR) is 97.2 cm³/mol. The van der Waals surface area contributed by atoms with Gasteiger partial charge in [0.2, 0.25) is 10.0 Å². The van der Waals surface area contributed by atoms with E-state index in [0.717, 1.165) is 16.5 Å². The first kappa shape index (κ1) is 17.1. The molecule has 0 spiro atoms. The van der Waals surface area contributed by atoms with Gasteiger partial charge in [-0.25, -0.2) is 13.1 Å². The van der Waals surface area contributed by atoms with Crippen LogP contribution in [0.3, 0.4) is 0 Å². The molecule has 0 saturated carbocycles. The Hall–Kier alpha value is -2.75. The van der Waals surface area contributed by atoms with Crippen molar-refractivity contribution in [3.05, 3.63) is 77.5 Å². The van der Waals surface area contributed by atoms with E-state index < -0.39 is 10.0 Å². The molecule has 0 aliphatic heterocycles. The number of sulfonamides is 1. The minimum Gasteiger partial charge on any atom is -0.256 e. The van der Waals surface area contributed by atoms with Gasteiger partial charge in [-0.1, -0.05) is 36.4 Å². The van der Waals surface area contributed by atoms with Gasteiger partial charge in [0.25, 0.3) is 0 Å². The van der Waals surface area contributed by atoms with Gasteiger partial charge in [0.05, 0.1) is 22.9 Å². The number of pyridine rings is 1. The summed E-state index contributed by atoms with van der Waals surface area (Å²) < 4.78 is 27.1. The number of para-hydroxylation sites is 1. The van der Waals surface area contributed by atoms with Crippen molar-refractivity contribution in [1.82, 2.24) is 9.71 Å². The summed E-state index contributed by atoms with van der Waals surface area (Å²) in [6.45, 7) is 0.302. The Labute approximate surface area is 147 Å². The highest BCUT2D eigenvalue weighted by Crippen LogP contribution is 2.16. The molecule has 5 nitrogen and oxygen atoms in total. The van der Waals surface area contributed by atoms with Gasteiger partial charge in [0.1, 0.15) is 0 Å². The summed E-state index contributed by atoms with van der Waals surface area (Å²) in [6.07, 6.45) is 2.30. The number of nitrogens with zero attached hydrogens (tertiary/aromatic N) is 2. The number of rotatable bonds is 6. The monoisotopic (exact) mass is 351 g/mol. The normalized spacial score (nSPS) is 11.3. The summed E-state index contributed by atoms with van der Waals surface area (Å²) in [7, 11) is -3.46. The van der Waals surface area contributed by atoms with Crippen LogP contribution in [0.2, 0.25) is 0 Å². The Bertz CT molecular complexity index is 1030. The molecule has 126 valence electrons. The largest absolute Gasteiger partial charge is 0.256 e. The number of fused-ring (bicyclic) bond motifs is 1. The molecule has 1 heterocycles. The molecule has 0 fully saturated rings. The molecule has 0 aliphatic rings. The van der Waals surface area contributed by atoms with Gasteiger partial charge < -0.3 is 0 Å². The van der Waals surface area contributed by atoms with Crippen LogP contribution >= 0.6 is 0 Å². The summed E-state index contributed by atoms with van der Waals surface area (Å²) in [5, 5.41) is 9.93. The Morgan fingerprint density at radius 3 is 2.72 bits per heavy atom. The lowest BCUT2D eigenvalue weighted by atomic mass is 10.1. The zero-order valence-electron chi connectivity index (χ0n) is 13.5. The molecule has 2 aromatic carbocycles. The van der Waals surface area contributed by atoms with Crippen LogP contribution in [0.4, 0.5) is 0 Å². The van der Waals surface area contributed by atoms with E-state index in [1.54, 1.807) is 30.5 Å².